The predicted octanol–water partition coefficient (Wildman–Crippen LogP) is 2.99. The first kappa shape index (κ1) is 21.1. The summed E-state index contributed by atoms with van der Waals surface area (Å²) in [6.45, 7) is 1.70. The van der Waals surface area contributed by atoms with Crippen LogP contribution in [0.15, 0.2) is 36.4 Å². The lowest BCUT2D eigenvalue weighted by molar-refractivity contribution is -0.123. The molecular formula is C19H18ClFN2O5S. The largest absolute Gasteiger partial charge is 0.449 e. The van der Waals surface area contributed by atoms with Crippen molar-refractivity contribution >= 4 is 44.9 Å². The van der Waals surface area contributed by atoms with E-state index in [0.29, 0.717) is 24.2 Å². The summed E-state index contributed by atoms with van der Waals surface area (Å²) >= 11 is 5.87. The maximum absolute atomic E-state index is 13.1. The van der Waals surface area contributed by atoms with Gasteiger partial charge in [0.2, 0.25) is 10.0 Å². The SMILES string of the molecule is CC(OC(=O)c1ccc2c(c1)CCN2S(C)(=O)=O)C(=O)Nc1ccc(F)cc1Cl. The van der Waals surface area contributed by atoms with Crippen molar-refractivity contribution in [3.05, 3.63) is 58.4 Å². The molecule has 1 amide bonds. The molecule has 3 rings (SSSR count). The Morgan fingerprint density at radius 1 is 1.24 bits per heavy atom. The molecule has 7 nitrogen and oxygen atoms in total. The quantitative estimate of drug-likeness (QED) is 0.721. The van der Waals surface area contributed by atoms with E-state index < -0.39 is 33.8 Å². The number of carbonyl (C=O) groups excluding carboxylic acids is 2. The molecule has 0 fully saturated rings. The summed E-state index contributed by atoms with van der Waals surface area (Å²) in [6.07, 6.45) is 0.463. The minimum absolute atomic E-state index is 0.0194. The highest BCUT2D eigenvalue weighted by Crippen LogP contribution is 2.31. The first-order chi connectivity index (χ1) is 13.6. The van der Waals surface area contributed by atoms with Crippen molar-refractivity contribution in [1.29, 1.82) is 0 Å². The number of esters is 1. The molecule has 0 spiro atoms. The molecule has 2 aromatic carbocycles. The summed E-state index contributed by atoms with van der Waals surface area (Å²) in [5, 5.41) is 2.49. The summed E-state index contributed by atoms with van der Waals surface area (Å²) in [7, 11) is -3.39. The van der Waals surface area contributed by atoms with Gasteiger partial charge in [0, 0.05) is 6.54 Å². The molecule has 10 heteroatoms. The second-order valence-electron chi connectivity index (χ2n) is 6.59. The number of rotatable bonds is 5. The van der Waals surface area contributed by atoms with Crippen LogP contribution >= 0.6 is 11.6 Å². The third-order valence-corrected chi connectivity index (χ3v) is 5.90. The third-order valence-electron chi connectivity index (χ3n) is 4.41. The van der Waals surface area contributed by atoms with Gasteiger partial charge in [-0.15, -0.1) is 0 Å². The molecule has 0 radical (unpaired) electrons. The van der Waals surface area contributed by atoms with Crippen molar-refractivity contribution < 1.29 is 27.1 Å². The Morgan fingerprint density at radius 3 is 2.62 bits per heavy atom. The van der Waals surface area contributed by atoms with Crippen LogP contribution in [0.5, 0.6) is 0 Å². The molecule has 0 aromatic heterocycles. The number of hydrogen-bond donors (Lipinski definition) is 1. The van der Waals surface area contributed by atoms with Gasteiger partial charge in [0.1, 0.15) is 5.82 Å². The number of anilines is 2. The lowest BCUT2D eigenvalue weighted by atomic mass is 10.1. The maximum Gasteiger partial charge on any atom is 0.338 e. The van der Waals surface area contributed by atoms with E-state index in [1.807, 2.05) is 0 Å². The molecule has 1 unspecified atom stereocenters. The lowest BCUT2D eigenvalue weighted by Crippen LogP contribution is -2.30. The van der Waals surface area contributed by atoms with E-state index in [4.69, 9.17) is 16.3 Å². The third kappa shape index (κ3) is 4.68. The fourth-order valence-corrected chi connectivity index (χ4v) is 4.12. The predicted molar refractivity (Wildman–Crippen MR) is 107 cm³/mol. The van der Waals surface area contributed by atoms with Gasteiger partial charge in [0.25, 0.3) is 5.91 Å². The first-order valence-electron chi connectivity index (χ1n) is 8.64. The Bertz CT molecular complexity index is 1090. The van der Waals surface area contributed by atoms with Crippen LogP contribution in [0.3, 0.4) is 0 Å². The highest BCUT2D eigenvalue weighted by atomic mass is 35.5. The smallest absolute Gasteiger partial charge is 0.338 e. The van der Waals surface area contributed by atoms with Gasteiger partial charge in [0.15, 0.2) is 6.10 Å². The molecule has 154 valence electrons. The highest BCUT2D eigenvalue weighted by molar-refractivity contribution is 7.92. The van der Waals surface area contributed by atoms with Gasteiger partial charge >= 0.3 is 5.97 Å². The summed E-state index contributed by atoms with van der Waals surface area (Å²) in [5.74, 6) is -1.90. The Hall–Kier alpha value is -2.65. The number of sulfonamides is 1. The molecule has 2 aromatic rings. The number of ether oxygens (including phenoxy) is 1. The van der Waals surface area contributed by atoms with Gasteiger partial charge in [-0.2, -0.15) is 0 Å². The number of amides is 1. The average molecular weight is 441 g/mol. The second-order valence-corrected chi connectivity index (χ2v) is 8.90. The summed E-state index contributed by atoms with van der Waals surface area (Å²) in [6, 6.07) is 8.05. The molecule has 0 bridgehead atoms. The Kier molecular flexibility index (Phi) is 5.81. The van der Waals surface area contributed by atoms with E-state index in [1.54, 1.807) is 12.1 Å². The Labute approximate surface area is 172 Å². The van der Waals surface area contributed by atoms with Crippen LogP contribution in [0.25, 0.3) is 0 Å². The molecule has 1 heterocycles. The average Bonchev–Trinajstić information content (AvgIpc) is 3.07. The molecule has 0 aliphatic carbocycles. The molecular weight excluding hydrogens is 423 g/mol. The highest BCUT2D eigenvalue weighted by Gasteiger charge is 2.27. The molecule has 1 N–H and O–H groups in total. The van der Waals surface area contributed by atoms with Crippen molar-refractivity contribution in [2.45, 2.75) is 19.4 Å². The number of carbonyl (C=O) groups is 2. The van der Waals surface area contributed by atoms with Gasteiger partial charge in [-0.25, -0.2) is 17.6 Å². The second kappa shape index (κ2) is 8.00. The first-order valence-corrected chi connectivity index (χ1v) is 10.9. The number of nitrogens with one attached hydrogen (secondary N) is 1. The van der Waals surface area contributed by atoms with Crippen molar-refractivity contribution in [2.24, 2.45) is 0 Å². The zero-order chi connectivity index (χ0) is 21.3. The Balaban J connectivity index is 1.68. The molecule has 1 aliphatic rings. The Morgan fingerprint density at radius 2 is 1.97 bits per heavy atom. The topological polar surface area (TPSA) is 92.8 Å². The molecule has 29 heavy (non-hydrogen) atoms. The number of nitrogens with zero attached hydrogens (tertiary/aromatic N) is 1. The van der Waals surface area contributed by atoms with Gasteiger partial charge in [-0.1, -0.05) is 11.6 Å². The van der Waals surface area contributed by atoms with E-state index in [1.165, 1.54) is 23.4 Å². The molecule has 0 saturated heterocycles. The van der Waals surface area contributed by atoms with Crippen LogP contribution in [0.1, 0.15) is 22.8 Å². The zero-order valence-corrected chi connectivity index (χ0v) is 17.2. The number of hydrogen-bond acceptors (Lipinski definition) is 5. The van der Waals surface area contributed by atoms with Gasteiger partial charge < -0.3 is 10.1 Å². The fourth-order valence-electron chi connectivity index (χ4n) is 2.95. The van der Waals surface area contributed by atoms with E-state index in [-0.39, 0.29) is 16.3 Å². The monoisotopic (exact) mass is 440 g/mol. The lowest BCUT2D eigenvalue weighted by Gasteiger charge is -2.17. The summed E-state index contributed by atoms with van der Waals surface area (Å²) in [5.41, 5.74) is 1.64. The standard InChI is InChI=1S/C19H18ClFN2O5S/c1-11(18(24)22-16-5-4-14(21)10-15(16)20)28-19(25)13-3-6-17-12(9-13)7-8-23(17)29(2,26)27/h3-6,9-11H,7-8H2,1-2H3,(H,22,24). The molecule has 0 saturated carbocycles. The van der Waals surface area contributed by atoms with Crippen LogP contribution in [-0.2, 0) is 26.0 Å². The van der Waals surface area contributed by atoms with E-state index in [9.17, 15) is 22.4 Å². The maximum atomic E-state index is 13.1. The van der Waals surface area contributed by atoms with Crippen LogP contribution < -0.4 is 9.62 Å². The molecule has 1 aliphatic heterocycles. The number of fused-ring (bicyclic) bond motifs is 1. The van der Waals surface area contributed by atoms with E-state index in [0.717, 1.165) is 18.4 Å². The fraction of sp³-hybridized carbons (Fsp3) is 0.263. The van der Waals surface area contributed by atoms with E-state index in [2.05, 4.69) is 5.32 Å². The minimum Gasteiger partial charge on any atom is -0.449 e. The van der Waals surface area contributed by atoms with Crippen LogP contribution in [-0.4, -0.2) is 39.2 Å². The van der Waals surface area contributed by atoms with Crippen molar-refractivity contribution in [3.63, 3.8) is 0 Å². The van der Waals surface area contributed by atoms with Gasteiger partial charge in [0.05, 0.1) is 28.2 Å². The zero-order valence-electron chi connectivity index (χ0n) is 15.6. The van der Waals surface area contributed by atoms with Crippen molar-refractivity contribution in [3.8, 4) is 0 Å². The van der Waals surface area contributed by atoms with Crippen molar-refractivity contribution in [1.82, 2.24) is 0 Å². The van der Waals surface area contributed by atoms with Crippen LogP contribution in [0, 0.1) is 5.82 Å². The van der Waals surface area contributed by atoms with Gasteiger partial charge in [-0.3, -0.25) is 9.10 Å². The molecule has 1 atom stereocenters. The number of benzene rings is 2. The normalized spacial score (nSPS) is 14.3. The minimum atomic E-state index is -3.39. The van der Waals surface area contributed by atoms with Crippen molar-refractivity contribution in [2.75, 3.05) is 22.4 Å². The van der Waals surface area contributed by atoms with Gasteiger partial charge in [-0.05, 0) is 55.3 Å². The summed E-state index contributed by atoms with van der Waals surface area (Å²) in [4.78, 5) is 24.6. The van der Waals surface area contributed by atoms with Crippen LogP contribution in [0.4, 0.5) is 15.8 Å². The van der Waals surface area contributed by atoms with E-state index >= 15 is 0 Å². The van der Waals surface area contributed by atoms with Crippen LogP contribution in [0.2, 0.25) is 5.02 Å². The summed E-state index contributed by atoms with van der Waals surface area (Å²) < 4.78 is 43.1. The number of halogens is 2.